The molecule has 6 nitrogen and oxygen atoms in total. The van der Waals surface area contributed by atoms with Gasteiger partial charge in [0.2, 0.25) is 11.8 Å². The van der Waals surface area contributed by atoms with Gasteiger partial charge in [-0.3, -0.25) is 19.7 Å². The van der Waals surface area contributed by atoms with Crippen molar-refractivity contribution in [2.24, 2.45) is 0 Å². The van der Waals surface area contributed by atoms with Crippen molar-refractivity contribution in [3.8, 4) is 11.1 Å². The summed E-state index contributed by atoms with van der Waals surface area (Å²) in [6, 6.07) is 11.5. The van der Waals surface area contributed by atoms with E-state index in [-0.39, 0.29) is 24.1 Å². The van der Waals surface area contributed by atoms with Crippen LogP contribution in [-0.2, 0) is 29.2 Å². The number of fused-ring (bicyclic) bond motifs is 2. The van der Waals surface area contributed by atoms with Crippen LogP contribution in [-0.4, -0.2) is 28.7 Å². The molecule has 136 valence electrons. The maximum Gasteiger partial charge on any atom is 0.255 e. The summed E-state index contributed by atoms with van der Waals surface area (Å²) < 4.78 is 0. The van der Waals surface area contributed by atoms with Crippen LogP contribution in [0.5, 0.6) is 0 Å². The van der Waals surface area contributed by atoms with E-state index in [1.54, 1.807) is 4.90 Å². The van der Waals surface area contributed by atoms with Gasteiger partial charge in [0.1, 0.15) is 6.04 Å². The molecule has 27 heavy (non-hydrogen) atoms. The highest BCUT2D eigenvalue weighted by molar-refractivity contribution is 6.06. The van der Waals surface area contributed by atoms with Gasteiger partial charge in [-0.15, -0.1) is 0 Å². The molecule has 1 fully saturated rings. The van der Waals surface area contributed by atoms with Crippen molar-refractivity contribution in [3.05, 3.63) is 58.7 Å². The number of nitrogens with one attached hydrogen (secondary N) is 2. The van der Waals surface area contributed by atoms with Crippen molar-refractivity contribution in [1.82, 2.24) is 15.5 Å². The van der Waals surface area contributed by atoms with E-state index in [0.29, 0.717) is 18.5 Å². The summed E-state index contributed by atoms with van der Waals surface area (Å²) in [6.07, 6.45) is 0.644. The monoisotopic (exact) mass is 361 g/mol. The maximum absolute atomic E-state index is 13.0. The molecule has 1 unspecified atom stereocenters. The van der Waals surface area contributed by atoms with Gasteiger partial charge in [-0.2, -0.15) is 0 Å². The lowest BCUT2D eigenvalue weighted by Crippen LogP contribution is -2.52. The number of nitrogens with zero attached hydrogens (tertiary/aromatic N) is 1. The Balaban J connectivity index is 1.55. The molecule has 3 aliphatic rings. The van der Waals surface area contributed by atoms with Crippen molar-refractivity contribution < 1.29 is 14.4 Å². The molecule has 1 atom stereocenters. The van der Waals surface area contributed by atoms with Crippen LogP contribution in [0.15, 0.2) is 36.4 Å². The van der Waals surface area contributed by atoms with Gasteiger partial charge in [0.05, 0.1) is 0 Å². The molecule has 0 saturated carbocycles. The zero-order valence-corrected chi connectivity index (χ0v) is 14.7. The van der Waals surface area contributed by atoms with Crippen LogP contribution in [0.25, 0.3) is 11.1 Å². The lowest BCUT2D eigenvalue weighted by atomic mass is 9.92. The van der Waals surface area contributed by atoms with E-state index in [2.05, 4.69) is 28.8 Å². The van der Waals surface area contributed by atoms with Crippen LogP contribution in [0.4, 0.5) is 0 Å². The summed E-state index contributed by atoms with van der Waals surface area (Å²) >= 11 is 0. The molecule has 2 aromatic carbocycles. The normalized spacial score (nSPS) is 21.3. The Morgan fingerprint density at radius 1 is 0.889 bits per heavy atom. The highest BCUT2D eigenvalue weighted by atomic mass is 16.2. The second-order valence-corrected chi connectivity index (χ2v) is 7.28. The van der Waals surface area contributed by atoms with Gasteiger partial charge in [0, 0.05) is 31.6 Å². The Kier molecular flexibility index (Phi) is 3.62. The molecule has 0 bridgehead atoms. The smallest absolute Gasteiger partial charge is 0.255 e. The van der Waals surface area contributed by atoms with Crippen LogP contribution < -0.4 is 10.6 Å². The molecule has 3 amide bonds. The van der Waals surface area contributed by atoms with Gasteiger partial charge in [-0.25, -0.2) is 0 Å². The van der Waals surface area contributed by atoms with Crippen LogP contribution in [0.1, 0.15) is 39.9 Å². The van der Waals surface area contributed by atoms with E-state index in [0.717, 1.165) is 29.8 Å². The van der Waals surface area contributed by atoms with Gasteiger partial charge in [0.25, 0.3) is 5.91 Å². The number of carbonyl (C=O) groups is 3. The number of amides is 3. The number of rotatable bonds is 2. The van der Waals surface area contributed by atoms with Crippen molar-refractivity contribution in [2.75, 3.05) is 0 Å². The third-order valence-electron chi connectivity index (χ3n) is 5.76. The predicted octanol–water partition coefficient (Wildman–Crippen LogP) is 1.72. The van der Waals surface area contributed by atoms with E-state index < -0.39 is 6.04 Å². The Morgan fingerprint density at radius 3 is 2.44 bits per heavy atom. The first kappa shape index (κ1) is 16.2. The molecule has 5 rings (SSSR count). The average Bonchev–Trinajstić information content (AvgIpc) is 3.27. The average molecular weight is 361 g/mol. The van der Waals surface area contributed by atoms with Crippen LogP contribution in [0, 0.1) is 0 Å². The number of benzene rings is 2. The topological polar surface area (TPSA) is 78.5 Å². The molecule has 1 saturated heterocycles. The van der Waals surface area contributed by atoms with Gasteiger partial charge in [-0.1, -0.05) is 30.3 Å². The Hall–Kier alpha value is -2.99. The molecule has 2 N–H and O–H groups in total. The van der Waals surface area contributed by atoms with E-state index in [1.807, 2.05) is 18.2 Å². The number of hydrogen-bond donors (Lipinski definition) is 2. The first-order chi connectivity index (χ1) is 13.1. The summed E-state index contributed by atoms with van der Waals surface area (Å²) in [5.74, 6) is -0.778. The third-order valence-corrected chi connectivity index (χ3v) is 5.76. The van der Waals surface area contributed by atoms with Gasteiger partial charge in [0.15, 0.2) is 0 Å². The van der Waals surface area contributed by atoms with Crippen molar-refractivity contribution in [2.45, 2.75) is 38.5 Å². The lowest BCUT2D eigenvalue weighted by Gasteiger charge is -2.29. The zero-order valence-electron chi connectivity index (χ0n) is 14.7. The summed E-state index contributed by atoms with van der Waals surface area (Å²) in [4.78, 5) is 38.3. The second kappa shape index (κ2) is 6.03. The number of carbonyl (C=O) groups excluding carboxylic acids is 3. The minimum Gasteiger partial charge on any atom is -0.322 e. The Labute approximate surface area is 156 Å². The quantitative estimate of drug-likeness (QED) is 0.799. The molecular formula is C21H19N3O3. The summed E-state index contributed by atoms with van der Waals surface area (Å²) in [5.41, 5.74) is 6.38. The fourth-order valence-corrected chi connectivity index (χ4v) is 4.42. The molecule has 0 spiro atoms. The Morgan fingerprint density at radius 2 is 1.63 bits per heavy atom. The summed E-state index contributed by atoms with van der Waals surface area (Å²) in [7, 11) is 0. The minimum absolute atomic E-state index is 0.132. The first-order valence-corrected chi connectivity index (χ1v) is 9.22. The van der Waals surface area contributed by atoms with Crippen molar-refractivity contribution >= 4 is 17.7 Å². The number of imide groups is 1. The third kappa shape index (κ3) is 2.48. The predicted molar refractivity (Wildman–Crippen MR) is 98.5 cm³/mol. The highest BCUT2D eigenvalue weighted by Gasteiger charge is 2.40. The number of piperidine rings is 1. The standard InChI is InChI=1S/C21H19N3O3/c25-19-8-7-18(20(26)23-19)24-11-17-14(5-2-6-15(17)21(24)27)13-4-1-3-12-9-22-10-16(12)13/h1-6,18,22H,7-11H2,(H,23,25,26). The zero-order chi connectivity index (χ0) is 18.5. The molecule has 0 aromatic heterocycles. The molecule has 2 aromatic rings. The molecule has 3 heterocycles. The molecular weight excluding hydrogens is 342 g/mol. The SMILES string of the molecule is O=C1CCC(N2Cc3c(cccc3-c3cccc4c3CNC4)C2=O)C(=O)N1. The number of hydrogen-bond acceptors (Lipinski definition) is 4. The summed E-state index contributed by atoms with van der Waals surface area (Å²) in [6.45, 7) is 2.08. The Bertz CT molecular complexity index is 998. The molecule has 3 aliphatic heterocycles. The highest BCUT2D eigenvalue weighted by Crippen LogP contribution is 2.37. The fraction of sp³-hybridized carbons (Fsp3) is 0.286. The van der Waals surface area contributed by atoms with E-state index in [1.165, 1.54) is 11.1 Å². The minimum atomic E-state index is -0.585. The molecule has 6 heteroatoms. The van der Waals surface area contributed by atoms with Crippen LogP contribution in [0.3, 0.4) is 0 Å². The van der Waals surface area contributed by atoms with E-state index in [4.69, 9.17) is 0 Å². The van der Waals surface area contributed by atoms with E-state index in [9.17, 15) is 14.4 Å². The second-order valence-electron chi connectivity index (χ2n) is 7.28. The van der Waals surface area contributed by atoms with Crippen molar-refractivity contribution in [3.63, 3.8) is 0 Å². The van der Waals surface area contributed by atoms with Crippen LogP contribution >= 0.6 is 0 Å². The first-order valence-electron chi connectivity index (χ1n) is 9.22. The fourth-order valence-electron chi connectivity index (χ4n) is 4.42. The molecule has 0 aliphatic carbocycles. The van der Waals surface area contributed by atoms with Gasteiger partial charge in [-0.05, 0) is 40.3 Å². The maximum atomic E-state index is 13.0. The van der Waals surface area contributed by atoms with E-state index >= 15 is 0 Å². The lowest BCUT2D eigenvalue weighted by molar-refractivity contribution is -0.136. The van der Waals surface area contributed by atoms with Crippen LogP contribution in [0.2, 0.25) is 0 Å². The largest absolute Gasteiger partial charge is 0.322 e. The van der Waals surface area contributed by atoms with Gasteiger partial charge >= 0.3 is 0 Å². The summed E-state index contributed by atoms with van der Waals surface area (Å²) in [5, 5.41) is 5.74. The van der Waals surface area contributed by atoms with Gasteiger partial charge < -0.3 is 10.2 Å². The van der Waals surface area contributed by atoms with Crippen molar-refractivity contribution in [1.29, 1.82) is 0 Å². The molecule has 0 radical (unpaired) electrons.